The minimum atomic E-state index is -0.246. The minimum absolute atomic E-state index is 0.00906. The van der Waals surface area contributed by atoms with E-state index in [0.717, 1.165) is 12.1 Å². The van der Waals surface area contributed by atoms with Gasteiger partial charge in [0, 0.05) is 24.7 Å². The number of hydrogen-bond acceptors (Lipinski definition) is 2. The molecule has 1 aliphatic heterocycles. The largest absolute Gasteiger partial charge is 0.353 e. The molecule has 1 saturated heterocycles. The summed E-state index contributed by atoms with van der Waals surface area (Å²) in [5.41, 5.74) is 2.10. The number of benzene rings is 1. The standard InChI is InChI=1S/C18H26N2O2/c1-5-13(4)19-18(22)15-10-17(21)20(11-15)16-8-6-7-14(9-16)12(2)3/h6-9,12-13,15H,5,10-11H2,1-4H3,(H,19,22)/t13-,15-/m0/s1. The first-order valence-electron chi connectivity index (χ1n) is 8.13. The fourth-order valence-electron chi connectivity index (χ4n) is 2.65. The van der Waals surface area contributed by atoms with Gasteiger partial charge < -0.3 is 10.2 Å². The first-order chi connectivity index (χ1) is 10.4. The Morgan fingerprint density at radius 2 is 2.09 bits per heavy atom. The summed E-state index contributed by atoms with van der Waals surface area (Å²) in [5, 5.41) is 2.98. The second kappa shape index (κ2) is 6.95. The van der Waals surface area contributed by atoms with Gasteiger partial charge in [0.15, 0.2) is 0 Å². The average Bonchev–Trinajstić information content (AvgIpc) is 2.89. The normalized spacial score (nSPS) is 19.6. The highest BCUT2D eigenvalue weighted by molar-refractivity contribution is 6.00. The molecule has 1 N–H and O–H groups in total. The Morgan fingerprint density at radius 3 is 2.73 bits per heavy atom. The average molecular weight is 302 g/mol. The summed E-state index contributed by atoms with van der Waals surface area (Å²) >= 11 is 0. The van der Waals surface area contributed by atoms with E-state index in [1.165, 1.54) is 5.56 Å². The van der Waals surface area contributed by atoms with Crippen LogP contribution in [0.5, 0.6) is 0 Å². The number of amides is 2. The minimum Gasteiger partial charge on any atom is -0.353 e. The molecule has 0 spiro atoms. The molecular weight excluding hydrogens is 276 g/mol. The molecule has 1 aromatic rings. The van der Waals surface area contributed by atoms with E-state index in [1.807, 2.05) is 26.0 Å². The Hall–Kier alpha value is -1.84. The number of anilines is 1. The highest BCUT2D eigenvalue weighted by atomic mass is 16.2. The summed E-state index contributed by atoms with van der Waals surface area (Å²) in [4.78, 5) is 26.2. The summed E-state index contributed by atoms with van der Waals surface area (Å²) in [7, 11) is 0. The second-order valence-corrected chi connectivity index (χ2v) is 6.47. The van der Waals surface area contributed by atoms with Crippen molar-refractivity contribution < 1.29 is 9.59 Å². The lowest BCUT2D eigenvalue weighted by Crippen LogP contribution is -2.38. The molecule has 0 saturated carbocycles. The molecule has 4 heteroatoms. The van der Waals surface area contributed by atoms with Crippen LogP contribution in [0.4, 0.5) is 5.69 Å². The fourth-order valence-corrected chi connectivity index (χ4v) is 2.65. The van der Waals surface area contributed by atoms with Gasteiger partial charge in [-0.05, 0) is 37.0 Å². The van der Waals surface area contributed by atoms with Crippen molar-refractivity contribution in [3.8, 4) is 0 Å². The van der Waals surface area contributed by atoms with Gasteiger partial charge in [-0.2, -0.15) is 0 Å². The van der Waals surface area contributed by atoms with Crippen molar-refractivity contribution in [1.29, 1.82) is 0 Å². The van der Waals surface area contributed by atoms with Gasteiger partial charge in [0.2, 0.25) is 11.8 Å². The van der Waals surface area contributed by atoms with E-state index in [0.29, 0.717) is 18.9 Å². The number of carbonyl (C=O) groups is 2. The van der Waals surface area contributed by atoms with E-state index in [-0.39, 0.29) is 23.8 Å². The molecular formula is C18H26N2O2. The molecule has 2 amide bonds. The van der Waals surface area contributed by atoms with Crippen molar-refractivity contribution in [2.24, 2.45) is 5.92 Å². The Bertz CT molecular complexity index is 554. The van der Waals surface area contributed by atoms with E-state index in [4.69, 9.17) is 0 Å². The molecule has 0 unspecified atom stereocenters. The maximum Gasteiger partial charge on any atom is 0.227 e. The zero-order valence-corrected chi connectivity index (χ0v) is 13.9. The lowest BCUT2D eigenvalue weighted by atomic mass is 10.0. The van der Waals surface area contributed by atoms with Gasteiger partial charge in [-0.3, -0.25) is 9.59 Å². The number of hydrogen-bond donors (Lipinski definition) is 1. The number of nitrogens with one attached hydrogen (secondary N) is 1. The van der Waals surface area contributed by atoms with Crippen molar-refractivity contribution >= 4 is 17.5 Å². The summed E-state index contributed by atoms with van der Waals surface area (Å²) in [6.45, 7) is 8.76. The van der Waals surface area contributed by atoms with Gasteiger partial charge in [-0.25, -0.2) is 0 Å². The van der Waals surface area contributed by atoms with Gasteiger partial charge in [-0.1, -0.05) is 32.9 Å². The zero-order valence-electron chi connectivity index (χ0n) is 13.9. The van der Waals surface area contributed by atoms with Gasteiger partial charge in [0.25, 0.3) is 0 Å². The Balaban J connectivity index is 2.09. The van der Waals surface area contributed by atoms with Crippen LogP contribution in [0.2, 0.25) is 0 Å². The molecule has 2 atom stereocenters. The molecule has 22 heavy (non-hydrogen) atoms. The van der Waals surface area contributed by atoms with Crippen molar-refractivity contribution in [3.63, 3.8) is 0 Å². The molecule has 4 nitrogen and oxygen atoms in total. The first kappa shape index (κ1) is 16.5. The Labute approximate surface area is 132 Å². The van der Waals surface area contributed by atoms with Crippen LogP contribution in [0.3, 0.4) is 0 Å². The maximum absolute atomic E-state index is 12.3. The van der Waals surface area contributed by atoms with Crippen molar-refractivity contribution in [2.75, 3.05) is 11.4 Å². The summed E-state index contributed by atoms with van der Waals surface area (Å²) in [6.07, 6.45) is 1.20. The Kier molecular flexibility index (Phi) is 5.22. The van der Waals surface area contributed by atoms with Crippen LogP contribution in [0, 0.1) is 5.92 Å². The number of nitrogens with zero attached hydrogens (tertiary/aromatic N) is 1. The molecule has 1 aliphatic rings. The van der Waals surface area contributed by atoms with E-state index in [1.54, 1.807) is 4.90 Å². The second-order valence-electron chi connectivity index (χ2n) is 6.47. The van der Waals surface area contributed by atoms with E-state index >= 15 is 0 Å². The highest BCUT2D eigenvalue weighted by Crippen LogP contribution is 2.28. The molecule has 2 rings (SSSR count). The lowest BCUT2D eigenvalue weighted by molar-refractivity contribution is -0.126. The van der Waals surface area contributed by atoms with E-state index < -0.39 is 0 Å². The van der Waals surface area contributed by atoms with Crippen LogP contribution in [0.1, 0.15) is 52.0 Å². The summed E-state index contributed by atoms with van der Waals surface area (Å²) in [5.74, 6) is 0.196. The first-order valence-corrected chi connectivity index (χ1v) is 8.13. The third kappa shape index (κ3) is 3.67. The van der Waals surface area contributed by atoms with Crippen LogP contribution in [0.25, 0.3) is 0 Å². The van der Waals surface area contributed by atoms with Crippen molar-refractivity contribution in [1.82, 2.24) is 5.32 Å². The quantitative estimate of drug-likeness (QED) is 0.908. The van der Waals surface area contributed by atoms with Crippen molar-refractivity contribution in [3.05, 3.63) is 29.8 Å². The van der Waals surface area contributed by atoms with Gasteiger partial charge in [-0.15, -0.1) is 0 Å². The smallest absolute Gasteiger partial charge is 0.227 e. The van der Waals surface area contributed by atoms with Crippen molar-refractivity contribution in [2.45, 2.75) is 52.5 Å². The van der Waals surface area contributed by atoms with Gasteiger partial charge in [0.1, 0.15) is 0 Å². The molecule has 0 aliphatic carbocycles. The summed E-state index contributed by atoms with van der Waals surface area (Å²) < 4.78 is 0. The SMILES string of the molecule is CC[C@H](C)NC(=O)[C@H]1CC(=O)N(c2cccc(C(C)C)c2)C1. The van der Waals surface area contributed by atoms with Gasteiger partial charge >= 0.3 is 0 Å². The van der Waals surface area contributed by atoms with Gasteiger partial charge in [0.05, 0.1) is 5.92 Å². The summed E-state index contributed by atoms with van der Waals surface area (Å²) in [6, 6.07) is 8.20. The topological polar surface area (TPSA) is 49.4 Å². The zero-order chi connectivity index (χ0) is 16.3. The molecule has 0 aromatic heterocycles. The van der Waals surface area contributed by atoms with Crippen LogP contribution < -0.4 is 10.2 Å². The van der Waals surface area contributed by atoms with Crippen LogP contribution in [-0.2, 0) is 9.59 Å². The molecule has 120 valence electrons. The number of rotatable bonds is 5. The van der Waals surface area contributed by atoms with Crippen LogP contribution in [-0.4, -0.2) is 24.4 Å². The maximum atomic E-state index is 12.3. The molecule has 1 aromatic carbocycles. The monoisotopic (exact) mass is 302 g/mol. The number of carbonyl (C=O) groups excluding carboxylic acids is 2. The molecule has 0 radical (unpaired) electrons. The van der Waals surface area contributed by atoms with E-state index in [2.05, 4.69) is 31.3 Å². The van der Waals surface area contributed by atoms with Crippen LogP contribution >= 0.6 is 0 Å². The fraction of sp³-hybridized carbons (Fsp3) is 0.556. The van der Waals surface area contributed by atoms with E-state index in [9.17, 15) is 9.59 Å². The lowest BCUT2D eigenvalue weighted by Gasteiger charge is -2.19. The highest BCUT2D eigenvalue weighted by Gasteiger charge is 2.35. The predicted octanol–water partition coefficient (Wildman–Crippen LogP) is 3.08. The Morgan fingerprint density at radius 1 is 1.36 bits per heavy atom. The molecule has 0 bridgehead atoms. The third-order valence-corrected chi connectivity index (χ3v) is 4.35. The third-order valence-electron chi connectivity index (χ3n) is 4.35. The predicted molar refractivity (Wildman–Crippen MR) is 88.9 cm³/mol. The molecule has 1 fully saturated rings. The molecule has 1 heterocycles. The van der Waals surface area contributed by atoms with Crippen LogP contribution in [0.15, 0.2) is 24.3 Å².